The number of amides is 1. The summed E-state index contributed by atoms with van der Waals surface area (Å²) in [5.74, 6) is 0.363. The molecule has 4 rings (SSSR count). The lowest BCUT2D eigenvalue weighted by Gasteiger charge is -2.46. The number of carbonyl (C=O) groups is 1. The minimum Gasteiger partial charge on any atom is -0.443 e. The molecule has 0 N–H and O–H groups in total. The molecule has 1 aromatic heterocycles. The maximum atomic E-state index is 13.2. The largest absolute Gasteiger partial charge is 0.443 e. The highest BCUT2D eigenvalue weighted by molar-refractivity contribution is 5.69. The first-order chi connectivity index (χ1) is 16.5. The van der Waals surface area contributed by atoms with E-state index >= 15 is 0 Å². The summed E-state index contributed by atoms with van der Waals surface area (Å²) in [5, 5.41) is 0. The van der Waals surface area contributed by atoms with Crippen molar-refractivity contribution in [1.82, 2.24) is 19.8 Å². The molecule has 1 aromatic carbocycles. The van der Waals surface area contributed by atoms with Crippen LogP contribution in [0.25, 0.3) is 0 Å². The van der Waals surface area contributed by atoms with Crippen molar-refractivity contribution in [3.8, 4) is 0 Å². The Morgan fingerprint density at radius 2 is 1.69 bits per heavy atom. The van der Waals surface area contributed by atoms with E-state index < -0.39 is 17.5 Å². The maximum absolute atomic E-state index is 13.2. The van der Waals surface area contributed by atoms with Crippen molar-refractivity contribution in [2.75, 3.05) is 31.1 Å². The second-order valence-electron chi connectivity index (χ2n) is 9.85. The summed E-state index contributed by atoms with van der Waals surface area (Å²) >= 11 is 0. The van der Waals surface area contributed by atoms with Gasteiger partial charge in [0.05, 0.1) is 24.5 Å². The summed E-state index contributed by atoms with van der Waals surface area (Å²) in [7, 11) is 0. The van der Waals surface area contributed by atoms with Gasteiger partial charge in [0.1, 0.15) is 11.4 Å². The molecule has 1 amide bonds. The summed E-state index contributed by atoms with van der Waals surface area (Å²) in [6.45, 7) is 9.26. The molecule has 0 unspecified atom stereocenters. The zero-order chi connectivity index (χ0) is 25.2. The van der Waals surface area contributed by atoms with Crippen LogP contribution in [0.4, 0.5) is 23.8 Å². The number of piperazine rings is 1. The fraction of sp³-hybridized carbons (Fsp3) is 0.560. The lowest BCUT2D eigenvalue weighted by Crippen LogP contribution is -2.60. The van der Waals surface area contributed by atoms with Crippen molar-refractivity contribution < 1.29 is 22.7 Å². The SMILES string of the molecule is C[C@@H]1CN(c2cnc(C(F)(F)F)cn2)C[C@H](C)N1C(=O)OC1(C)CCN(Cc2ccccc2)CC1. The fourth-order valence-electron chi connectivity index (χ4n) is 4.89. The van der Waals surface area contributed by atoms with Crippen LogP contribution in [0.5, 0.6) is 0 Å². The second kappa shape index (κ2) is 10.0. The molecule has 2 aliphatic rings. The fourth-order valence-corrected chi connectivity index (χ4v) is 4.89. The van der Waals surface area contributed by atoms with E-state index in [-0.39, 0.29) is 18.2 Å². The van der Waals surface area contributed by atoms with Gasteiger partial charge in [0.2, 0.25) is 0 Å². The summed E-state index contributed by atoms with van der Waals surface area (Å²) in [6, 6.07) is 9.93. The molecule has 2 aromatic rings. The van der Waals surface area contributed by atoms with E-state index in [1.54, 1.807) is 4.90 Å². The number of hydrogen-bond donors (Lipinski definition) is 0. The van der Waals surface area contributed by atoms with Crippen LogP contribution < -0.4 is 4.90 Å². The molecule has 7 nitrogen and oxygen atoms in total. The predicted molar refractivity (Wildman–Crippen MR) is 126 cm³/mol. The average Bonchev–Trinajstić information content (AvgIpc) is 2.80. The van der Waals surface area contributed by atoms with E-state index in [1.165, 1.54) is 5.56 Å². The molecule has 2 saturated heterocycles. The van der Waals surface area contributed by atoms with Crippen LogP contribution in [0.2, 0.25) is 0 Å². The molecule has 10 heteroatoms. The molecular weight excluding hydrogens is 459 g/mol. The van der Waals surface area contributed by atoms with Crippen LogP contribution in [0.15, 0.2) is 42.7 Å². The van der Waals surface area contributed by atoms with Crippen LogP contribution >= 0.6 is 0 Å². The van der Waals surface area contributed by atoms with Crippen molar-refractivity contribution in [2.45, 2.75) is 64.0 Å². The number of carbonyl (C=O) groups excluding carboxylic acids is 1. The van der Waals surface area contributed by atoms with Crippen molar-refractivity contribution in [1.29, 1.82) is 0 Å². The molecular formula is C25H32F3N5O2. The van der Waals surface area contributed by atoms with Gasteiger partial charge in [-0.15, -0.1) is 0 Å². The number of halogens is 3. The molecule has 0 radical (unpaired) electrons. The number of nitrogens with zero attached hydrogens (tertiary/aromatic N) is 5. The molecule has 190 valence electrons. The summed E-state index contributed by atoms with van der Waals surface area (Å²) in [6.07, 6.45) is -1.47. The lowest BCUT2D eigenvalue weighted by atomic mass is 9.93. The number of rotatable bonds is 4. The van der Waals surface area contributed by atoms with Crippen LogP contribution in [0.1, 0.15) is 44.9 Å². The highest BCUT2D eigenvalue weighted by Crippen LogP contribution is 2.31. The minimum atomic E-state index is -4.53. The van der Waals surface area contributed by atoms with E-state index in [9.17, 15) is 18.0 Å². The molecule has 0 spiro atoms. The van der Waals surface area contributed by atoms with Gasteiger partial charge < -0.3 is 9.64 Å². The highest BCUT2D eigenvalue weighted by Gasteiger charge is 2.40. The van der Waals surface area contributed by atoms with E-state index in [4.69, 9.17) is 4.74 Å². The van der Waals surface area contributed by atoms with Gasteiger partial charge >= 0.3 is 12.3 Å². The second-order valence-corrected chi connectivity index (χ2v) is 9.85. The first kappa shape index (κ1) is 25.2. The van der Waals surface area contributed by atoms with Crippen LogP contribution in [0, 0.1) is 0 Å². The van der Waals surface area contributed by atoms with Gasteiger partial charge in [0, 0.05) is 32.7 Å². The Hall–Kier alpha value is -2.88. The summed E-state index contributed by atoms with van der Waals surface area (Å²) in [5.41, 5.74) is -0.279. The molecule has 0 bridgehead atoms. The van der Waals surface area contributed by atoms with Gasteiger partial charge in [-0.05, 0) is 39.2 Å². The number of aromatic nitrogens is 2. The van der Waals surface area contributed by atoms with Crippen molar-refractivity contribution in [3.05, 3.63) is 54.0 Å². The average molecular weight is 492 g/mol. The number of ether oxygens (including phenoxy) is 1. The third kappa shape index (κ3) is 6.04. The van der Waals surface area contributed by atoms with E-state index in [1.807, 2.05) is 43.9 Å². The smallest absolute Gasteiger partial charge is 0.434 e. The van der Waals surface area contributed by atoms with E-state index in [0.717, 1.165) is 44.9 Å². The number of anilines is 1. The van der Waals surface area contributed by atoms with Crippen LogP contribution in [-0.2, 0) is 17.5 Å². The topological polar surface area (TPSA) is 61.8 Å². The van der Waals surface area contributed by atoms with E-state index in [0.29, 0.717) is 18.9 Å². The molecule has 2 aliphatic heterocycles. The summed E-state index contributed by atoms with van der Waals surface area (Å²) < 4.78 is 44.4. The van der Waals surface area contributed by atoms with Crippen molar-refractivity contribution >= 4 is 11.9 Å². The van der Waals surface area contributed by atoms with E-state index in [2.05, 4.69) is 27.0 Å². The quantitative estimate of drug-likeness (QED) is 0.624. The standard InChI is InChI=1S/C25H32F3N5O2/c1-18-15-32(22-14-29-21(13-30-22)25(26,27)28)16-19(2)33(18)23(34)35-24(3)9-11-31(12-10-24)17-20-7-5-4-6-8-20/h4-8,13-14,18-19H,9-12,15-17H2,1-3H3/t18-,19+. The first-order valence-electron chi connectivity index (χ1n) is 12.0. The Morgan fingerprint density at radius 1 is 1.06 bits per heavy atom. The van der Waals surface area contributed by atoms with Gasteiger partial charge in [-0.25, -0.2) is 14.8 Å². The Bertz CT molecular complexity index is 982. The van der Waals surface area contributed by atoms with Gasteiger partial charge in [-0.2, -0.15) is 13.2 Å². The van der Waals surface area contributed by atoms with Crippen LogP contribution in [-0.4, -0.2) is 69.7 Å². The number of hydrogen-bond acceptors (Lipinski definition) is 6. The number of piperidine rings is 1. The Balaban J connectivity index is 1.32. The van der Waals surface area contributed by atoms with Crippen LogP contribution in [0.3, 0.4) is 0 Å². The normalized spacial score (nSPS) is 23.3. The zero-order valence-corrected chi connectivity index (χ0v) is 20.3. The van der Waals surface area contributed by atoms with Gasteiger partial charge in [-0.1, -0.05) is 30.3 Å². The molecule has 2 fully saturated rings. The summed E-state index contributed by atoms with van der Waals surface area (Å²) in [4.78, 5) is 26.6. The van der Waals surface area contributed by atoms with Crippen molar-refractivity contribution in [2.24, 2.45) is 0 Å². The molecule has 0 saturated carbocycles. The van der Waals surface area contributed by atoms with Gasteiger partial charge in [0.15, 0.2) is 5.69 Å². The third-order valence-corrected chi connectivity index (χ3v) is 6.88. The Labute approximate surface area is 203 Å². The van der Waals surface area contributed by atoms with Crippen molar-refractivity contribution in [3.63, 3.8) is 0 Å². The van der Waals surface area contributed by atoms with Gasteiger partial charge in [0.25, 0.3) is 0 Å². The molecule has 3 heterocycles. The van der Waals surface area contributed by atoms with Gasteiger partial charge in [-0.3, -0.25) is 9.80 Å². The Morgan fingerprint density at radius 3 is 2.23 bits per heavy atom. The lowest BCUT2D eigenvalue weighted by molar-refractivity contribution is -0.141. The third-order valence-electron chi connectivity index (χ3n) is 6.88. The number of benzene rings is 1. The Kier molecular flexibility index (Phi) is 7.21. The maximum Gasteiger partial charge on any atom is 0.434 e. The molecule has 2 atom stereocenters. The molecule has 0 aliphatic carbocycles. The molecule has 35 heavy (non-hydrogen) atoms. The number of likely N-dealkylation sites (tertiary alicyclic amines) is 1. The highest BCUT2D eigenvalue weighted by atomic mass is 19.4. The minimum absolute atomic E-state index is 0.197. The predicted octanol–water partition coefficient (Wildman–Crippen LogP) is 4.59. The number of alkyl halides is 3. The monoisotopic (exact) mass is 491 g/mol. The zero-order valence-electron chi connectivity index (χ0n) is 20.3. The first-order valence-corrected chi connectivity index (χ1v) is 12.0.